The molecule has 5 heteroatoms. The van der Waals surface area contributed by atoms with Crippen LogP contribution in [-0.2, 0) is 12.8 Å². The van der Waals surface area contributed by atoms with E-state index < -0.39 is 0 Å². The number of thiophene rings is 1. The molecule has 0 saturated carbocycles. The van der Waals surface area contributed by atoms with Gasteiger partial charge in [0, 0.05) is 9.77 Å². The molecule has 3 aromatic rings. The van der Waals surface area contributed by atoms with Crippen LogP contribution in [0.2, 0.25) is 0 Å². The lowest BCUT2D eigenvalue weighted by Gasteiger charge is -2.08. The van der Waals surface area contributed by atoms with Gasteiger partial charge >= 0.3 is 0 Å². The minimum atomic E-state index is 0.000700. The first kappa shape index (κ1) is 17.6. The summed E-state index contributed by atoms with van der Waals surface area (Å²) in [6, 6.07) is 10.5. The molecule has 4 rings (SSSR count). The van der Waals surface area contributed by atoms with Crippen molar-refractivity contribution in [1.29, 1.82) is 0 Å². The number of rotatable bonds is 3. The number of carbonyl (C=O) groups excluding carboxylic acids is 1. The average molecular weight is 383 g/mol. The Hall–Kier alpha value is -1.85. The number of aryl methyl sites for hydroxylation is 4. The van der Waals surface area contributed by atoms with Crippen LogP contribution in [0.25, 0.3) is 0 Å². The van der Waals surface area contributed by atoms with E-state index in [4.69, 9.17) is 0 Å². The van der Waals surface area contributed by atoms with Crippen LogP contribution < -0.4 is 0 Å². The fourth-order valence-corrected chi connectivity index (χ4v) is 5.51. The van der Waals surface area contributed by atoms with Crippen LogP contribution in [0.5, 0.6) is 0 Å². The monoisotopic (exact) mass is 382 g/mol. The third-order valence-electron chi connectivity index (χ3n) is 4.87. The van der Waals surface area contributed by atoms with Gasteiger partial charge < -0.3 is 0 Å². The van der Waals surface area contributed by atoms with Crippen molar-refractivity contribution in [2.24, 2.45) is 0 Å². The summed E-state index contributed by atoms with van der Waals surface area (Å²) >= 11 is 3.33. The number of hydrogen-bond acceptors (Lipinski definition) is 4. The SMILES string of the molecule is Cc1ccc(Sc2c(C)nn(C(=O)c3cc4c(s3)CCCC4)c2C)cc1. The second kappa shape index (κ2) is 7.05. The van der Waals surface area contributed by atoms with Crippen LogP contribution in [-0.4, -0.2) is 15.7 Å². The number of nitrogens with zero attached hydrogens (tertiary/aromatic N) is 2. The Morgan fingerprint density at radius 3 is 2.58 bits per heavy atom. The van der Waals surface area contributed by atoms with E-state index in [2.05, 4.69) is 42.4 Å². The number of aromatic nitrogens is 2. The molecule has 0 atom stereocenters. The van der Waals surface area contributed by atoms with Gasteiger partial charge in [-0.1, -0.05) is 29.5 Å². The maximum Gasteiger partial charge on any atom is 0.288 e. The summed E-state index contributed by atoms with van der Waals surface area (Å²) in [6.45, 7) is 6.05. The molecule has 1 aliphatic carbocycles. The Labute approximate surface area is 162 Å². The van der Waals surface area contributed by atoms with Crippen LogP contribution in [0.15, 0.2) is 40.1 Å². The smallest absolute Gasteiger partial charge is 0.266 e. The molecule has 1 aromatic carbocycles. The molecule has 0 bridgehead atoms. The van der Waals surface area contributed by atoms with E-state index in [1.807, 2.05) is 13.8 Å². The third-order valence-corrected chi connectivity index (χ3v) is 7.39. The molecule has 0 saturated heterocycles. The summed E-state index contributed by atoms with van der Waals surface area (Å²) in [4.78, 5) is 17.5. The molecule has 0 amide bonds. The third kappa shape index (κ3) is 3.26. The van der Waals surface area contributed by atoms with Gasteiger partial charge in [-0.05, 0) is 70.2 Å². The van der Waals surface area contributed by atoms with Crippen molar-refractivity contribution in [3.05, 3.63) is 62.6 Å². The van der Waals surface area contributed by atoms with Gasteiger partial charge in [0.15, 0.2) is 0 Å². The van der Waals surface area contributed by atoms with Gasteiger partial charge in [-0.2, -0.15) is 9.78 Å². The van der Waals surface area contributed by atoms with Gasteiger partial charge in [0.05, 0.1) is 21.2 Å². The highest BCUT2D eigenvalue weighted by Crippen LogP contribution is 2.34. The van der Waals surface area contributed by atoms with E-state index in [0.29, 0.717) is 0 Å². The minimum Gasteiger partial charge on any atom is -0.266 e. The molecule has 0 aliphatic heterocycles. The molecule has 2 heterocycles. The molecule has 26 heavy (non-hydrogen) atoms. The number of fused-ring (bicyclic) bond motifs is 1. The molecule has 0 N–H and O–H groups in total. The minimum absolute atomic E-state index is 0.000700. The highest BCUT2D eigenvalue weighted by atomic mass is 32.2. The summed E-state index contributed by atoms with van der Waals surface area (Å²) in [5.41, 5.74) is 4.43. The first-order chi connectivity index (χ1) is 12.5. The van der Waals surface area contributed by atoms with Gasteiger partial charge in [0.1, 0.15) is 0 Å². The quantitative estimate of drug-likeness (QED) is 0.592. The van der Waals surface area contributed by atoms with E-state index in [0.717, 1.165) is 34.0 Å². The van der Waals surface area contributed by atoms with Gasteiger partial charge in [-0.3, -0.25) is 4.79 Å². The topological polar surface area (TPSA) is 34.9 Å². The molecule has 134 valence electrons. The normalized spacial score (nSPS) is 13.7. The maximum atomic E-state index is 13.0. The lowest BCUT2D eigenvalue weighted by atomic mass is 9.99. The standard InChI is InChI=1S/C21H22N2OS2/c1-13-8-10-17(11-9-13)25-20-14(2)22-23(15(20)3)21(24)19-12-16-6-4-5-7-18(16)26-19/h8-12H,4-7H2,1-3H3. The second-order valence-electron chi connectivity index (χ2n) is 6.90. The van der Waals surface area contributed by atoms with Crippen LogP contribution in [0.4, 0.5) is 0 Å². The van der Waals surface area contributed by atoms with Crippen LogP contribution >= 0.6 is 23.1 Å². The van der Waals surface area contributed by atoms with Crippen molar-refractivity contribution in [2.75, 3.05) is 0 Å². The van der Waals surface area contributed by atoms with Crippen molar-refractivity contribution in [3.8, 4) is 0 Å². The molecule has 0 spiro atoms. The molecular formula is C21H22N2OS2. The average Bonchev–Trinajstić information content (AvgIpc) is 3.19. The zero-order valence-corrected chi connectivity index (χ0v) is 17.0. The molecular weight excluding hydrogens is 360 g/mol. The summed E-state index contributed by atoms with van der Waals surface area (Å²) < 4.78 is 1.59. The summed E-state index contributed by atoms with van der Waals surface area (Å²) in [6.07, 6.45) is 4.68. The zero-order valence-electron chi connectivity index (χ0n) is 15.3. The lowest BCUT2D eigenvalue weighted by Crippen LogP contribution is -2.14. The predicted octanol–water partition coefficient (Wildman–Crippen LogP) is 5.59. The molecule has 3 nitrogen and oxygen atoms in total. The van der Waals surface area contributed by atoms with E-state index in [1.54, 1.807) is 27.8 Å². The maximum absolute atomic E-state index is 13.0. The molecule has 0 fully saturated rings. The van der Waals surface area contributed by atoms with Crippen molar-refractivity contribution in [2.45, 2.75) is 56.2 Å². The predicted molar refractivity (Wildman–Crippen MR) is 108 cm³/mol. The van der Waals surface area contributed by atoms with Crippen LogP contribution in [0.1, 0.15) is 49.9 Å². The van der Waals surface area contributed by atoms with E-state index in [-0.39, 0.29) is 5.91 Å². The van der Waals surface area contributed by atoms with E-state index in [9.17, 15) is 4.79 Å². The Morgan fingerprint density at radius 2 is 1.85 bits per heavy atom. The first-order valence-electron chi connectivity index (χ1n) is 9.00. The highest BCUT2D eigenvalue weighted by molar-refractivity contribution is 7.99. The Morgan fingerprint density at radius 1 is 1.12 bits per heavy atom. The Bertz CT molecular complexity index is 943. The first-order valence-corrected chi connectivity index (χ1v) is 10.6. The van der Waals surface area contributed by atoms with Gasteiger partial charge in [-0.15, -0.1) is 11.3 Å². The summed E-state index contributed by atoms with van der Waals surface area (Å²) in [5.74, 6) is 0.000700. The fourth-order valence-electron chi connectivity index (χ4n) is 3.40. The lowest BCUT2D eigenvalue weighted by molar-refractivity contribution is 0.0946. The largest absolute Gasteiger partial charge is 0.288 e. The van der Waals surface area contributed by atoms with Gasteiger partial charge in [0.2, 0.25) is 0 Å². The van der Waals surface area contributed by atoms with Gasteiger partial charge in [0.25, 0.3) is 5.91 Å². The Kier molecular flexibility index (Phi) is 4.76. The zero-order chi connectivity index (χ0) is 18.3. The second-order valence-corrected chi connectivity index (χ2v) is 9.12. The summed E-state index contributed by atoms with van der Waals surface area (Å²) in [7, 11) is 0. The van der Waals surface area contributed by atoms with Gasteiger partial charge in [-0.25, -0.2) is 0 Å². The van der Waals surface area contributed by atoms with Crippen LogP contribution in [0.3, 0.4) is 0 Å². The molecule has 1 aliphatic rings. The van der Waals surface area contributed by atoms with Crippen molar-refractivity contribution in [3.63, 3.8) is 0 Å². The molecule has 0 unspecified atom stereocenters. The highest BCUT2D eigenvalue weighted by Gasteiger charge is 2.22. The number of hydrogen-bond donors (Lipinski definition) is 0. The Balaban J connectivity index is 1.64. The number of benzene rings is 1. The van der Waals surface area contributed by atoms with Crippen molar-refractivity contribution in [1.82, 2.24) is 9.78 Å². The fraction of sp³-hybridized carbons (Fsp3) is 0.333. The van der Waals surface area contributed by atoms with Crippen molar-refractivity contribution < 1.29 is 4.79 Å². The number of carbonyl (C=O) groups is 1. The molecule has 0 radical (unpaired) electrons. The molecule has 2 aromatic heterocycles. The van der Waals surface area contributed by atoms with Crippen LogP contribution in [0, 0.1) is 20.8 Å². The van der Waals surface area contributed by atoms with E-state index >= 15 is 0 Å². The van der Waals surface area contributed by atoms with E-state index in [1.165, 1.54) is 33.7 Å². The summed E-state index contributed by atoms with van der Waals surface area (Å²) in [5, 5.41) is 4.56. The van der Waals surface area contributed by atoms with Crippen molar-refractivity contribution >= 4 is 29.0 Å².